The molecule has 3 aromatic heterocycles. The first-order valence-electron chi connectivity index (χ1n) is 22.3. The number of methoxy groups -OCH3 is 2. The number of esters is 1. The number of carbonyl (C=O) groups is 6. The average molecular weight is 1290 g/mol. The lowest BCUT2D eigenvalue weighted by atomic mass is 10.2. The van der Waals surface area contributed by atoms with Gasteiger partial charge in [0.2, 0.25) is 35.4 Å². The van der Waals surface area contributed by atoms with Gasteiger partial charge in [-0.25, -0.2) is 46.8 Å². The summed E-state index contributed by atoms with van der Waals surface area (Å²) in [6.45, 7) is -5.65. The molecule has 456 valence electrons. The molecule has 85 heavy (non-hydrogen) atoms. The molecule has 0 aliphatic carbocycles. The molecule has 3 heterocycles. The third-order valence-corrected chi connectivity index (χ3v) is 12.7. The van der Waals surface area contributed by atoms with Crippen LogP contribution in [0.4, 0.5) is 52.2 Å². The molecule has 0 unspecified atom stereocenters. The number of halogens is 9. The van der Waals surface area contributed by atoms with Gasteiger partial charge in [0.05, 0.1) is 58.7 Å². The summed E-state index contributed by atoms with van der Waals surface area (Å²) in [6.07, 6.45) is -4.77. The van der Waals surface area contributed by atoms with Gasteiger partial charge in [0.25, 0.3) is 26.0 Å². The van der Waals surface area contributed by atoms with Crippen molar-refractivity contribution in [3.8, 4) is 35.0 Å². The minimum atomic E-state index is -4.71. The van der Waals surface area contributed by atoms with E-state index in [-0.39, 0.29) is 50.4 Å². The Kier molecular flexibility index (Phi) is 23.6. The number of ether oxygens (including phenoxy) is 6. The molecule has 0 fully saturated rings. The first kappa shape index (κ1) is 67.9. The predicted molar refractivity (Wildman–Crippen MR) is 275 cm³/mol. The Morgan fingerprint density at radius 3 is 1.66 bits per heavy atom. The molecule has 0 bridgehead atoms. The van der Waals surface area contributed by atoms with E-state index in [9.17, 15) is 76.3 Å². The number of alkyl halides is 7. The van der Waals surface area contributed by atoms with Crippen LogP contribution in [0, 0.1) is 0 Å². The fourth-order valence-electron chi connectivity index (χ4n) is 5.81. The third-order valence-electron chi connectivity index (χ3n) is 9.45. The van der Waals surface area contributed by atoms with Gasteiger partial charge in [-0.05, 0) is 67.6 Å². The largest absolute Gasteiger partial charge is 0.481 e. The lowest BCUT2D eigenvalue weighted by molar-refractivity contribution is -0.146. The summed E-state index contributed by atoms with van der Waals surface area (Å²) >= 11 is 11.7. The quantitative estimate of drug-likeness (QED) is 0.0339. The van der Waals surface area contributed by atoms with Crippen LogP contribution in [-0.2, 0) is 35.8 Å². The maximum Gasteiger partial charge on any atom is 0.416 e. The van der Waals surface area contributed by atoms with Crippen molar-refractivity contribution in [2.45, 2.75) is 42.3 Å². The zero-order valence-electron chi connectivity index (χ0n) is 43.2. The number of aliphatic carboxylic acids is 1. The highest BCUT2D eigenvalue weighted by molar-refractivity contribution is 7.90. The highest BCUT2D eigenvalue weighted by Crippen LogP contribution is 2.37. The molecular formula is C46H39Cl2F7N10O18S2. The molecule has 6 rings (SSSR count). The second-order valence-electron chi connectivity index (χ2n) is 15.7. The van der Waals surface area contributed by atoms with Crippen LogP contribution in [0.2, 0.25) is 10.0 Å². The number of rotatable bonds is 19. The van der Waals surface area contributed by atoms with Crippen LogP contribution >= 0.6 is 23.2 Å². The highest BCUT2D eigenvalue weighted by atomic mass is 35.5. The molecule has 0 spiro atoms. The number of nitrogens with zero attached hydrogens (tertiary/aromatic N) is 6. The fraction of sp³-hybridized carbons (Fsp3) is 0.196. The van der Waals surface area contributed by atoms with Crippen molar-refractivity contribution in [1.29, 1.82) is 0 Å². The molecule has 0 radical (unpaired) electrons. The summed E-state index contributed by atoms with van der Waals surface area (Å²) in [7, 11) is -3.56. The van der Waals surface area contributed by atoms with Gasteiger partial charge in [-0.15, -0.1) is 0 Å². The van der Waals surface area contributed by atoms with E-state index in [4.69, 9.17) is 52.4 Å². The first-order valence-corrected chi connectivity index (χ1v) is 26.1. The minimum absolute atomic E-state index is 0.0246. The van der Waals surface area contributed by atoms with Gasteiger partial charge in [0.15, 0.2) is 11.1 Å². The molecular weight excluding hydrogens is 1250 g/mol. The number of amides is 5. The molecule has 0 aliphatic rings. The smallest absolute Gasteiger partial charge is 0.416 e. The normalized spacial score (nSPS) is 11.4. The Hall–Kier alpha value is -9.62. The monoisotopic (exact) mass is 1290 g/mol. The molecule has 6 N–H and O–H groups in total. The summed E-state index contributed by atoms with van der Waals surface area (Å²) in [5.74, 6) is -7.50. The van der Waals surface area contributed by atoms with E-state index in [1.807, 2.05) is 0 Å². The van der Waals surface area contributed by atoms with Crippen molar-refractivity contribution >= 4 is 91.0 Å². The number of carbonyl (C=O) groups excluding carboxylic acids is 4. The number of pyridine rings is 1. The maximum atomic E-state index is 12.7. The summed E-state index contributed by atoms with van der Waals surface area (Å²) in [4.78, 5) is 88.6. The molecule has 6 aromatic rings. The van der Waals surface area contributed by atoms with E-state index in [0.29, 0.717) is 12.1 Å². The van der Waals surface area contributed by atoms with Gasteiger partial charge >= 0.3 is 49.4 Å². The van der Waals surface area contributed by atoms with Gasteiger partial charge in [0.1, 0.15) is 16.4 Å². The fourth-order valence-corrected chi connectivity index (χ4v) is 8.36. The number of anilines is 2. The molecule has 0 saturated carbocycles. The molecule has 3 aromatic carbocycles. The second kappa shape index (κ2) is 29.6. The number of nitrogens with one attached hydrogen (secondary N) is 4. The molecule has 0 aliphatic heterocycles. The van der Waals surface area contributed by atoms with E-state index >= 15 is 0 Å². The number of urea groups is 2. The highest BCUT2D eigenvalue weighted by Gasteiger charge is 2.32. The molecule has 5 amide bonds. The average Bonchev–Trinajstić information content (AvgIpc) is 2.20. The Bertz CT molecular complexity index is 3640. The van der Waals surface area contributed by atoms with E-state index < -0.39 is 120 Å². The lowest BCUT2D eigenvalue weighted by Crippen LogP contribution is -2.36. The zero-order chi connectivity index (χ0) is 63.7. The van der Waals surface area contributed by atoms with Crippen LogP contribution in [0.5, 0.6) is 35.0 Å². The van der Waals surface area contributed by atoms with Crippen LogP contribution in [0.1, 0.15) is 43.6 Å². The van der Waals surface area contributed by atoms with Crippen LogP contribution in [0.3, 0.4) is 0 Å². The van der Waals surface area contributed by atoms with Crippen molar-refractivity contribution in [2.75, 3.05) is 38.9 Å². The molecule has 28 nitrogen and oxygen atoms in total. The van der Waals surface area contributed by atoms with Crippen molar-refractivity contribution < 1.29 is 115 Å². The SMILES string of the molecule is COc1cc(OC)nc(NC(=O)NS(=O)(=O)c2ncccc2C(=O)N(C)C)n1.C[C@H](OC(=O)c1cc(Oc2ccc(C(F)(F)F)cc2Cl)ccc1Cl)C(=O)O.O=C(Nc1nc(OC(F)F)cc(OC(F)F)n1)NS(=O)(=O)c1ccccc1C(=O)O. The Balaban J connectivity index is 0.000000274. The van der Waals surface area contributed by atoms with Crippen molar-refractivity contribution in [3.05, 3.63) is 123 Å². The first-order chi connectivity index (χ1) is 39.6. The van der Waals surface area contributed by atoms with Gasteiger partial charge in [-0.3, -0.25) is 15.4 Å². The third kappa shape index (κ3) is 20.3. The van der Waals surface area contributed by atoms with E-state index in [1.165, 1.54) is 86.6 Å². The number of benzene rings is 3. The standard InChI is InChI=1S/C17H11Cl2F3O5.C15H18N6O6S.C14H10F4N4O7S/c1-8(15(23)24)26-16(25)11-7-10(3-4-12(11)18)27-14-5-2-9(6-13(14)19)17(20,21)22;1-21(2)13(22)9-6-5-7-16-12(9)28(24,25)20-15(23)19-14-17-10(26-3)8-11(18-14)27-4;15-11(16)28-8-5-9(29-12(17)18)20-13(19-8)21-14(25)22-30(26,27)7-4-2-1-3-6(7)10(23)24/h2-8H,1H3,(H,23,24);5-8H,1-4H3,(H2,17,18,19,20,23);1-5,11-12H,(H,23,24)(H2,19,20,21,22,25)/t8-;;/m0../s1. The number of aromatic carboxylic acids is 1. The van der Waals surface area contributed by atoms with Crippen LogP contribution in [-0.4, -0.2) is 140 Å². The summed E-state index contributed by atoms with van der Waals surface area (Å²) < 4.78 is 168. The number of carboxylic acids is 2. The Labute approximate surface area is 483 Å². The lowest BCUT2D eigenvalue weighted by Gasteiger charge is -2.14. The molecule has 0 saturated heterocycles. The number of hydrogen-bond acceptors (Lipinski definition) is 21. The van der Waals surface area contributed by atoms with Gasteiger partial charge in [-0.2, -0.15) is 59.1 Å². The van der Waals surface area contributed by atoms with Crippen LogP contribution < -0.4 is 43.8 Å². The van der Waals surface area contributed by atoms with Gasteiger partial charge in [-0.1, -0.05) is 35.3 Å². The van der Waals surface area contributed by atoms with E-state index in [2.05, 4.69) is 39.7 Å². The summed E-state index contributed by atoms with van der Waals surface area (Å²) in [5.41, 5.74) is -1.95. The Morgan fingerprint density at radius 1 is 0.647 bits per heavy atom. The van der Waals surface area contributed by atoms with Crippen molar-refractivity contribution in [2.24, 2.45) is 0 Å². The minimum Gasteiger partial charge on any atom is -0.481 e. The molecule has 1 atom stereocenters. The van der Waals surface area contributed by atoms with Gasteiger partial charge in [0, 0.05) is 20.3 Å². The number of carboxylic acid groups (broad SMARTS) is 2. The topological polar surface area (TPSA) is 382 Å². The predicted octanol–water partition coefficient (Wildman–Crippen LogP) is 7.42. The summed E-state index contributed by atoms with van der Waals surface area (Å²) in [6, 6.07) is 12.5. The van der Waals surface area contributed by atoms with E-state index in [1.54, 1.807) is 10.0 Å². The maximum absolute atomic E-state index is 12.7. The van der Waals surface area contributed by atoms with Crippen molar-refractivity contribution in [1.82, 2.24) is 39.3 Å². The summed E-state index contributed by atoms with van der Waals surface area (Å²) in [5, 5.41) is 20.8. The van der Waals surface area contributed by atoms with E-state index in [0.717, 1.165) is 37.3 Å². The number of sulfonamides is 2. The van der Waals surface area contributed by atoms with Crippen LogP contribution in [0.15, 0.2) is 101 Å². The van der Waals surface area contributed by atoms with Crippen LogP contribution in [0.25, 0.3) is 0 Å². The van der Waals surface area contributed by atoms with Gasteiger partial charge < -0.3 is 43.5 Å². The number of aromatic nitrogens is 5. The zero-order valence-corrected chi connectivity index (χ0v) is 46.4. The van der Waals surface area contributed by atoms with Crippen molar-refractivity contribution in [3.63, 3.8) is 0 Å². The Morgan fingerprint density at radius 2 is 1.16 bits per heavy atom. The number of hydrogen-bond donors (Lipinski definition) is 6. The second-order valence-corrected chi connectivity index (χ2v) is 19.7. The molecule has 39 heteroatoms.